The third-order valence-corrected chi connectivity index (χ3v) is 4.31. The Morgan fingerprint density at radius 3 is 2.84 bits per heavy atom. The molecule has 1 aromatic rings. The zero-order chi connectivity index (χ0) is 17.6. The number of quaternary nitrogens is 1. The molecular weight excluding hydrogens is 328 g/mol. The van der Waals surface area contributed by atoms with Crippen molar-refractivity contribution in [1.82, 2.24) is 4.90 Å². The molecule has 0 bridgehead atoms. The highest BCUT2D eigenvalue weighted by molar-refractivity contribution is 5.67. The maximum absolute atomic E-state index is 11.7. The van der Waals surface area contributed by atoms with Gasteiger partial charge in [0, 0.05) is 6.07 Å². The number of fused-ring (bicyclic) bond motifs is 1. The van der Waals surface area contributed by atoms with E-state index in [2.05, 4.69) is 0 Å². The van der Waals surface area contributed by atoms with Crippen molar-refractivity contribution in [3.05, 3.63) is 18.2 Å². The van der Waals surface area contributed by atoms with Crippen LogP contribution in [0.15, 0.2) is 18.2 Å². The topological polar surface area (TPSA) is 81.9 Å². The molecule has 0 unspecified atom stereocenters. The molecule has 2 aliphatic heterocycles. The van der Waals surface area contributed by atoms with Crippen LogP contribution in [0.25, 0.3) is 0 Å². The molecule has 1 atom stereocenters. The van der Waals surface area contributed by atoms with Crippen LogP contribution in [-0.4, -0.2) is 74.9 Å². The first kappa shape index (κ1) is 17.6. The van der Waals surface area contributed by atoms with Gasteiger partial charge in [0.15, 0.2) is 11.5 Å². The van der Waals surface area contributed by atoms with Crippen molar-refractivity contribution in [2.24, 2.45) is 0 Å². The van der Waals surface area contributed by atoms with Crippen LogP contribution in [-0.2, 0) is 4.74 Å². The fraction of sp³-hybridized carbons (Fsp3) is 0.588. The van der Waals surface area contributed by atoms with E-state index in [0.29, 0.717) is 43.5 Å². The van der Waals surface area contributed by atoms with Crippen molar-refractivity contribution in [2.45, 2.75) is 13.0 Å². The SMILES string of the molecule is CCOC(=O)N1CC[NH+](C[C@@H](O)COc2ccc3c(c2)OCO3)CC1. The molecule has 25 heavy (non-hydrogen) atoms. The van der Waals surface area contributed by atoms with Crippen LogP contribution in [0.1, 0.15) is 6.92 Å². The molecule has 2 N–H and O–H groups in total. The second-order valence-corrected chi connectivity index (χ2v) is 6.12. The summed E-state index contributed by atoms with van der Waals surface area (Å²) in [6.07, 6.45) is -0.831. The van der Waals surface area contributed by atoms with Gasteiger partial charge in [-0.2, -0.15) is 0 Å². The number of carbonyl (C=O) groups excluding carboxylic acids is 1. The quantitative estimate of drug-likeness (QED) is 0.718. The largest absolute Gasteiger partial charge is 0.491 e. The van der Waals surface area contributed by atoms with E-state index >= 15 is 0 Å². The molecule has 2 heterocycles. The van der Waals surface area contributed by atoms with Crippen LogP contribution in [0.5, 0.6) is 17.2 Å². The molecule has 0 aromatic heterocycles. The molecular formula is C17H25N2O6+. The predicted octanol–water partition coefficient (Wildman–Crippen LogP) is -0.488. The molecule has 0 saturated carbocycles. The van der Waals surface area contributed by atoms with Crippen molar-refractivity contribution in [3.8, 4) is 17.2 Å². The van der Waals surface area contributed by atoms with Crippen molar-refractivity contribution < 1.29 is 33.7 Å². The van der Waals surface area contributed by atoms with E-state index in [-0.39, 0.29) is 19.5 Å². The Balaban J connectivity index is 1.38. The number of nitrogens with one attached hydrogen (secondary N) is 1. The maximum atomic E-state index is 11.7. The van der Waals surface area contributed by atoms with Crippen LogP contribution >= 0.6 is 0 Å². The van der Waals surface area contributed by atoms with Crippen molar-refractivity contribution >= 4 is 6.09 Å². The van der Waals surface area contributed by atoms with Gasteiger partial charge in [-0.05, 0) is 19.1 Å². The number of aliphatic hydroxyl groups is 1. The van der Waals surface area contributed by atoms with Gasteiger partial charge >= 0.3 is 6.09 Å². The molecule has 0 aliphatic carbocycles. The second kappa shape index (κ2) is 8.26. The van der Waals surface area contributed by atoms with E-state index in [1.54, 1.807) is 30.0 Å². The molecule has 138 valence electrons. The average Bonchev–Trinajstić information content (AvgIpc) is 3.08. The molecule has 8 nitrogen and oxygen atoms in total. The standard InChI is InChI=1S/C17H24N2O6/c1-2-22-17(21)19-7-5-18(6-8-19)10-13(20)11-23-14-3-4-15-16(9-14)25-12-24-15/h3-4,9,13,20H,2,5-8,10-12H2,1H3/p+1/t13-/m1/s1. The van der Waals surface area contributed by atoms with Crippen molar-refractivity contribution in [2.75, 3.05) is 52.7 Å². The first-order chi connectivity index (χ1) is 12.2. The van der Waals surface area contributed by atoms with E-state index in [1.807, 2.05) is 0 Å². The Morgan fingerprint density at radius 2 is 2.08 bits per heavy atom. The van der Waals surface area contributed by atoms with Gasteiger partial charge in [0.25, 0.3) is 0 Å². The second-order valence-electron chi connectivity index (χ2n) is 6.12. The lowest BCUT2D eigenvalue weighted by molar-refractivity contribution is -0.907. The fourth-order valence-electron chi connectivity index (χ4n) is 2.98. The third-order valence-electron chi connectivity index (χ3n) is 4.31. The van der Waals surface area contributed by atoms with Crippen molar-refractivity contribution in [3.63, 3.8) is 0 Å². The summed E-state index contributed by atoms with van der Waals surface area (Å²) in [5.41, 5.74) is 0. The van der Waals surface area contributed by atoms with Gasteiger partial charge in [-0.1, -0.05) is 0 Å². The zero-order valence-electron chi connectivity index (χ0n) is 14.4. The molecule has 1 aromatic carbocycles. The monoisotopic (exact) mass is 353 g/mol. The highest BCUT2D eigenvalue weighted by Crippen LogP contribution is 2.35. The van der Waals surface area contributed by atoms with E-state index in [9.17, 15) is 9.90 Å². The minimum Gasteiger partial charge on any atom is -0.491 e. The zero-order valence-corrected chi connectivity index (χ0v) is 14.4. The van der Waals surface area contributed by atoms with Gasteiger partial charge in [0.05, 0.1) is 32.8 Å². The summed E-state index contributed by atoms with van der Waals surface area (Å²) in [6, 6.07) is 5.36. The summed E-state index contributed by atoms with van der Waals surface area (Å²) in [6.45, 7) is 6.08. The summed E-state index contributed by atoms with van der Waals surface area (Å²) < 4.78 is 21.2. The average molecular weight is 353 g/mol. The molecule has 1 saturated heterocycles. The Kier molecular flexibility index (Phi) is 5.83. The lowest BCUT2D eigenvalue weighted by Crippen LogP contribution is -3.16. The normalized spacial score (nSPS) is 18.1. The Labute approximate surface area is 146 Å². The minimum atomic E-state index is -0.574. The highest BCUT2D eigenvalue weighted by atomic mass is 16.7. The first-order valence-electron chi connectivity index (χ1n) is 8.61. The van der Waals surface area contributed by atoms with E-state index < -0.39 is 6.10 Å². The number of nitrogens with zero attached hydrogens (tertiary/aromatic N) is 1. The van der Waals surface area contributed by atoms with E-state index in [0.717, 1.165) is 13.1 Å². The number of hydrogen-bond donors (Lipinski definition) is 2. The Hall–Kier alpha value is -2.19. The highest BCUT2D eigenvalue weighted by Gasteiger charge is 2.26. The molecule has 2 aliphatic rings. The summed E-state index contributed by atoms with van der Waals surface area (Å²) in [5.74, 6) is 2.01. The summed E-state index contributed by atoms with van der Waals surface area (Å²) in [5, 5.41) is 10.2. The number of benzene rings is 1. The summed E-state index contributed by atoms with van der Waals surface area (Å²) in [7, 11) is 0. The first-order valence-corrected chi connectivity index (χ1v) is 8.61. The molecule has 1 fully saturated rings. The van der Waals surface area contributed by atoms with Gasteiger partial charge in [-0.25, -0.2) is 4.79 Å². The van der Waals surface area contributed by atoms with Gasteiger partial charge in [0.1, 0.15) is 25.0 Å². The lowest BCUT2D eigenvalue weighted by atomic mass is 10.2. The van der Waals surface area contributed by atoms with Crippen LogP contribution in [0, 0.1) is 0 Å². The van der Waals surface area contributed by atoms with Crippen LogP contribution in [0.3, 0.4) is 0 Å². The van der Waals surface area contributed by atoms with Crippen LogP contribution in [0.4, 0.5) is 4.79 Å². The molecule has 1 amide bonds. The Bertz CT molecular complexity index is 589. The maximum Gasteiger partial charge on any atom is 0.410 e. The van der Waals surface area contributed by atoms with E-state index in [1.165, 1.54) is 4.90 Å². The fourth-order valence-corrected chi connectivity index (χ4v) is 2.98. The predicted molar refractivity (Wildman–Crippen MR) is 88.2 cm³/mol. The summed E-state index contributed by atoms with van der Waals surface area (Å²) in [4.78, 5) is 14.6. The van der Waals surface area contributed by atoms with Crippen molar-refractivity contribution in [1.29, 1.82) is 0 Å². The van der Waals surface area contributed by atoms with Gasteiger partial charge in [0.2, 0.25) is 6.79 Å². The molecule has 8 heteroatoms. The van der Waals surface area contributed by atoms with Gasteiger partial charge in [-0.3, -0.25) is 4.90 Å². The molecule has 0 spiro atoms. The van der Waals surface area contributed by atoms with Gasteiger partial charge in [-0.15, -0.1) is 0 Å². The van der Waals surface area contributed by atoms with E-state index in [4.69, 9.17) is 18.9 Å². The minimum absolute atomic E-state index is 0.213. The number of hydrogen-bond acceptors (Lipinski definition) is 6. The Morgan fingerprint density at radius 1 is 1.32 bits per heavy atom. The lowest BCUT2D eigenvalue weighted by Gasteiger charge is -2.32. The number of aliphatic hydroxyl groups excluding tert-OH is 1. The molecule has 0 radical (unpaired) electrons. The number of piperazine rings is 1. The summed E-state index contributed by atoms with van der Waals surface area (Å²) >= 11 is 0. The number of rotatable bonds is 6. The number of carbonyl (C=O) groups is 1. The smallest absolute Gasteiger partial charge is 0.410 e. The number of amides is 1. The van der Waals surface area contributed by atoms with Crippen LogP contribution in [0.2, 0.25) is 0 Å². The third kappa shape index (κ3) is 4.67. The van der Waals surface area contributed by atoms with Crippen LogP contribution < -0.4 is 19.1 Å². The molecule has 3 rings (SSSR count). The van der Waals surface area contributed by atoms with Gasteiger partial charge < -0.3 is 29.0 Å². The number of ether oxygens (including phenoxy) is 4.